The summed E-state index contributed by atoms with van der Waals surface area (Å²) in [6.07, 6.45) is 4.23. The van der Waals surface area contributed by atoms with Crippen molar-refractivity contribution in [3.63, 3.8) is 0 Å². The summed E-state index contributed by atoms with van der Waals surface area (Å²) < 4.78 is 11.9. The highest BCUT2D eigenvalue weighted by Gasteiger charge is 2.39. The molecule has 0 bridgehead atoms. The van der Waals surface area contributed by atoms with Gasteiger partial charge in [-0.1, -0.05) is 61.7 Å². The molecule has 7 heteroatoms. The lowest BCUT2D eigenvalue weighted by Crippen LogP contribution is -2.52. The first-order chi connectivity index (χ1) is 17.6. The summed E-state index contributed by atoms with van der Waals surface area (Å²) in [4.78, 5) is 29.4. The number of aromatic hydroxyl groups is 1. The molecule has 2 atom stereocenters. The number of phenolic OH excluding ortho intramolecular Hbond substituents is 1. The number of phenols is 1. The van der Waals surface area contributed by atoms with Crippen LogP contribution in [0.15, 0.2) is 78.9 Å². The molecule has 3 aromatic rings. The number of nitrogens with zero attached hydrogens (tertiary/aromatic N) is 1. The first-order valence-electron chi connectivity index (χ1n) is 12.5. The Hall–Kier alpha value is -4.00. The number of anilines is 1. The van der Waals surface area contributed by atoms with Crippen molar-refractivity contribution in [1.82, 2.24) is 5.32 Å². The number of benzene rings is 3. The molecule has 36 heavy (non-hydrogen) atoms. The van der Waals surface area contributed by atoms with Crippen molar-refractivity contribution in [3.8, 4) is 17.2 Å². The third kappa shape index (κ3) is 5.15. The standard InChI is InChI=1S/C29H30N2O5/c32-23-17-15-20(16-18-23)27(28(33)30-21-9-3-1-4-10-21)31(22-11-5-2-6-12-22)29(34)26-19-35-24-13-7-8-14-25(24)36-26/h2,5-8,11-18,21,26-27,32H,1,3-4,9-10,19H2,(H,30,33). The van der Waals surface area contributed by atoms with E-state index in [0.29, 0.717) is 22.7 Å². The first kappa shape index (κ1) is 23.7. The monoisotopic (exact) mass is 486 g/mol. The lowest BCUT2D eigenvalue weighted by atomic mass is 9.94. The molecule has 3 aromatic carbocycles. The van der Waals surface area contributed by atoms with Gasteiger partial charge < -0.3 is 19.9 Å². The molecule has 186 valence electrons. The Morgan fingerprint density at radius 3 is 2.25 bits per heavy atom. The molecule has 0 spiro atoms. The molecular weight excluding hydrogens is 456 g/mol. The number of nitrogens with one attached hydrogen (secondary N) is 1. The van der Waals surface area contributed by atoms with Crippen molar-refractivity contribution in [2.45, 2.75) is 50.3 Å². The van der Waals surface area contributed by atoms with Crippen LogP contribution in [0.4, 0.5) is 5.69 Å². The Labute approximate surface area is 210 Å². The van der Waals surface area contributed by atoms with Crippen molar-refractivity contribution in [2.24, 2.45) is 0 Å². The van der Waals surface area contributed by atoms with Gasteiger partial charge in [0, 0.05) is 11.7 Å². The molecule has 7 nitrogen and oxygen atoms in total. The molecule has 0 saturated heterocycles. The second kappa shape index (κ2) is 10.7. The molecular formula is C29H30N2O5. The fourth-order valence-corrected chi connectivity index (χ4v) is 4.89. The van der Waals surface area contributed by atoms with Crippen LogP contribution in [0.25, 0.3) is 0 Å². The van der Waals surface area contributed by atoms with E-state index in [-0.39, 0.29) is 30.2 Å². The lowest BCUT2D eigenvalue weighted by molar-refractivity contribution is -0.132. The van der Waals surface area contributed by atoms with Gasteiger partial charge in [0.05, 0.1) is 0 Å². The minimum atomic E-state index is -0.955. The van der Waals surface area contributed by atoms with Crippen LogP contribution in [0.1, 0.15) is 43.7 Å². The Kier molecular flexibility index (Phi) is 7.07. The van der Waals surface area contributed by atoms with Crippen molar-refractivity contribution in [3.05, 3.63) is 84.4 Å². The molecule has 2 aliphatic rings. The quantitative estimate of drug-likeness (QED) is 0.525. The number of carbonyl (C=O) groups excluding carboxylic acids is 2. The maximum Gasteiger partial charge on any atom is 0.272 e. The molecule has 2 amide bonds. The number of carbonyl (C=O) groups is 2. The molecule has 2 unspecified atom stereocenters. The third-order valence-electron chi connectivity index (χ3n) is 6.72. The largest absolute Gasteiger partial charge is 0.508 e. The van der Waals surface area contributed by atoms with Gasteiger partial charge in [0.25, 0.3) is 5.91 Å². The summed E-state index contributed by atoms with van der Waals surface area (Å²) in [6, 6.07) is 21.9. The van der Waals surface area contributed by atoms with Crippen molar-refractivity contribution < 1.29 is 24.2 Å². The molecule has 1 aliphatic carbocycles. The minimum Gasteiger partial charge on any atom is -0.508 e. The summed E-state index contributed by atoms with van der Waals surface area (Å²) in [5, 5.41) is 13.1. The number of hydrogen-bond donors (Lipinski definition) is 2. The van der Waals surface area contributed by atoms with Gasteiger partial charge in [-0.3, -0.25) is 14.5 Å². The predicted molar refractivity (Wildman–Crippen MR) is 136 cm³/mol. The van der Waals surface area contributed by atoms with Gasteiger partial charge in [-0.15, -0.1) is 0 Å². The predicted octanol–water partition coefficient (Wildman–Crippen LogP) is 4.76. The summed E-state index contributed by atoms with van der Waals surface area (Å²) in [5.74, 6) is 0.513. The summed E-state index contributed by atoms with van der Waals surface area (Å²) in [7, 11) is 0. The van der Waals surface area contributed by atoms with Gasteiger partial charge in [-0.05, 0) is 54.8 Å². The van der Waals surface area contributed by atoms with Crippen LogP contribution in [0.3, 0.4) is 0 Å². The zero-order valence-electron chi connectivity index (χ0n) is 20.0. The highest BCUT2D eigenvalue weighted by atomic mass is 16.6. The van der Waals surface area contributed by atoms with Crippen LogP contribution < -0.4 is 19.7 Å². The molecule has 1 saturated carbocycles. The number of rotatable bonds is 6. The summed E-state index contributed by atoms with van der Waals surface area (Å²) >= 11 is 0. The van der Waals surface area contributed by atoms with Crippen LogP contribution >= 0.6 is 0 Å². The Bertz CT molecular complexity index is 1190. The van der Waals surface area contributed by atoms with Gasteiger partial charge in [0.15, 0.2) is 11.5 Å². The van der Waals surface area contributed by atoms with E-state index in [9.17, 15) is 14.7 Å². The van der Waals surface area contributed by atoms with Crippen LogP contribution in [0.5, 0.6) is 17.2 Å². The number of hydrogen-bond acceptors (Lipinski definition) is 5. The van der Waals surface area contributed by atoms with Crippen LogP contribution in [0, 0.1) is 0 Å². The van der Waals surface area contributed by atoms with E-state index in [2.05, 4.69) is 5.32 Å². The fraction of sp³-hybridized carbons (Fsp3) is 0.310. The molecule has 1 heterocycles. The minimum absolute atomic E-state index is 0.0335. The molecule has 0 radical (unpaired) electrons. The van der Waals surface area contributed by atoms with Gasteiger partial charge in [-0.2, -0.15) is 0 Å². The average molecular weight is 487 g/mol. The van der Waals surface area contributed by atoms with Crippen molar-refractivity contribution in [2.75, 3.05) is 11.5 Å². The Morgan fingerprint density at radius 1 is 0.861 bits per heavy atom. The van der Waals surface area contributed by atoms with Gasteiger partial charge in [-0.25, -0.2) is 0 Å². The van der Waals surface area contributed by atoms with Crippen LogP contribution in [-0.4, -0.2) is 35.7 Å². The van der Waals surface area contributed by atoms with E-state index < -0.39 is 12.1 Å². The van der Waals surface area contributed by atoms with E-state index >= 15 is 0 Å². The number of amides is 2. The van der Waals surface area contributed by atoms with Crippen molar-refractivity contribution >= 4 is 17.5 Å². The summed E-state index contributed by atoms with van der Waals surface area (Å²) in [5.41, 5.74) is 1.16. The van der Waals surface area contributed by atoms with Crippen LogP contribution in [-0.2, 0) is 9.59 Å². The van der Waals surface area contributed by atoms with E-state index in [1.165, 1.54) is 23.5 Å². The maximum atomic E-state index is 14.1. The zero-order chi connectivity index (χ0) is 24.9. The SMILES string of the molecule is O=C(NC1CCCCC1)C(c1ccc(O)cc1)N(C(=O)C1COc2ccccc2O1)c1ccccc1. The second-order valence-electron chi connectivity index (χ2n) is 9.25. The molecule has 1 fully saturated rings. The van der Waals surface area contributed by atoms with E-state index in [1.54, 1.807) is 36.4 Å². The highest BCUT2D eigenvalue weighted by molar-refractivity contribution is 6.03. The average Bonchev–Trinajstić information content (AvgIpc) is 2.92. The normalized spacial score (nSPS) is 18.2. The second-order valence-corrected chi connectivity index (χ2v) is 9.25. The number of para-hydroxylation sites is 3. The zero-order valence-corrected chi connectivity index (χ0v) is 20.0. The molecule has 0 aromatic heterocycles. The van der Waals surface area contributed by atoms with Gasteiger partial charge in [0.1, 0.15) is 18.4 Å². The van der Waals surface area contributed by atoms with Crippen molar-refractivity contribution in [1.29, 1.82) is 0 Å². The van der Waals surface area contributed by atoms with Gasteiger partial charge in [0.2, 0.25) is 12.0 Å². The summed E-state index contributed by atoms with van der Waals surface area (Å²) in [6.45, 7) is 0.0335. The first-order valence-corrected chi connectivity index (χ1v) is 12.5. The van der Waals surface area contributed by atoms with E-state index in [4.69, 9.17) is 9.47 Å². The van der Waals surface area contributed by atoms with Gasteiger partial charge >= 0.3 is 0 Å². The fourth-order valence-electron chi connectivity index (χ4n) is 4.89. The topological polar surface area (TPSA) is 88.1 Å². The molecule has 2 N–H and O–H groups in total. The van der Waals surface area contributed by atoms with Crippen LogP contribution in [0.2, 0.25) is 0 Å². The van der Waals surface area contributed by atoms with E-state index in [1.807, 2.05) is 30.3 Å². The third-order valence-corrected chi connectivity index (χ3v) is 6.72. The number of fused-ring (bicyclic) bond motifs is 1. The molecule has 5 rings (SSSR count). The highest BCUT2D eigenvalue weighted by Crippen LogP contribution is 2.35. The smallest absolute Gasteiger partial charge is 0.272 e. The Balaban J connectivity index is 1.52. The molecule has 1 aliphatic heterocycles. The Morgan fingerprint density at radius 2 is 1.53 bits per heavy atom. The number of ether oxygens (including phenoxy) is 2. The maximum absolute atomic E-state index is 14.1. The van der Waals surface area contributed by atoms with E-state index in [0.717, 1.165) is 25.7 Å². The lowest BCUT2D eigenvalue weighted by Gasteiger charge is -2.36.